The molecule has 0 bridgehead atoms. The van der Waals surface area contributed by atoms with Crippen molar-refractivity contribution in [1.29, 1.82) is 0 Å². The lowest BCUT2D eigenvalue weighted by Gasteiger charge is -2.23. The molecule has 0 aliphatic heterocycles. The Labute approximate surface area is 223 Å². The highest BCUT2D eigenvalue weighted by atomic mass is 16.5. The molecule has 0 aromatic heterocycles. The summed E-state index contributed by atoms with van der Waals surface area (Å²) in [5.41, 5.74) is 8.76. The number of methoxy groups -OCH3 is 2. The van der Waals surface area contributed by atoms with E-state index in [1.807, 2.05) is 12.1 Å². The number of hydrogen-bond donors (Lipinski definition) is 0. The van der Waals surface area contributed by atoms with Crippen LogP contribution in [0.5, 0.6) is 11.5 Å². The minimum Gasteiger partial charge on any atom is -0.495 e. The molecule has 0 fully saturated rings. The first-order valence-corrected chi connectivity index (χ1v) is 12.8. The average Bonchev–Trinajstić information content (AvgIpc) is 3.01. The van der Waals surface area contributed by atoms with Gasteiger partial charge in [-0.25, -0.2) is 0 Å². The minimum atomic E-state index is 0.836. The highest BCUT2D eigenvalue weighted by Gasteiger charge is 2.24. The van der Waals surface area contributed by atoms with Crippen LogP contribution in [0, 0.1) is 0 Å². The first-order valence-electron chi connectivity index (χ1n) is 12.8. The van der Waals surface area contributed by atoms with Crippen LogP contribution in [0.15, 0.2) is 133 Å². The molecule has 6 aromatic rings. The Morgan fingerprint density at radius 2 is 0.605 bits per heavy atom. The molecule has 0 radical (unpaired) electrons. The van der Waals surface area contributed by atoms with Crippen LogP contribution in [-0.4, -0.2) is 14.2 Å². The van der Waals surface area contributed by atoms with E-state index in [-0.39, 0.29) is 0 Å². The Morgan fingerprint density at radius 3 is 0.868 bits per heavy atom. The average molecular weight is 493 g/mol. The van der Waals surface area contributed by atoms with Gasteiger partial charge in [-0.1, -0.05) is 121 Å². The molecule has 0 saturated carbocycles. The van der Waals surface area contributed by atoms with Crippen molar-refractivity contribution in [3.63, 3.8) is 0 Å². The van der Waals surface area contributed by atoms with Crippen molar-refractivity contribution in [2.45, 2.75) is 0 Å². The van der Waals surface area contributed by atoms with Crippen LogP contribution in [0.3, 0.4) is 0 Å². The van der Waals surface area contributed by atoms with Crippen LogP contribution in [0.2, 0.25) is 0 Å². The van der Waals surface area contributed by atoms with Gasteiger partial charge in [0.2, 0.25) is 0 Å². The maximum atomic E-state index is 6.26. The third kappa shape index (κ3) is 4.10. The Morgan fingerprint density at radius 1 is 0.342 bits per heavy atom. The Kier molecular flexibility index (Phi) is 6.37. The van der Waals surface area contributed by atoms with Crippen LogP contribution in [-0.2, 0) is 0 Å². The Hall–Kier alpha value is -4.82. The van der Waals surface area contributed by atoms with Gasteiger partial charge in [0.25, 0.3) is 0 Å². The molecule has 6 aromatic carbocycles. The lowest BCUT2D eigenvalue weighted by atomic mass is 9.85. The summed E-state index contributed by atoms with van der Waals surface area (Å²) in [5, 5.41) is 2.07. The fourth-order valence-corrected chi connectivity index (χ4v) is 5.35. The topological polar surface area (TPSA) is 18.5 Å². The summed E-state index contributed by atoms with van der Waals surface area (Å²) in [4.78, 5) is 0. The largest absolute Gasteiger partial charge is 0.495 e. The van der Waals surface area contributed by atoms with Crippen LogP contribution in [0.1, 0.15) is 0 Å². The number of benzene rings is 6. The lowest BCUT2D eigenvalue weighted by Crippen LogP contribution is -1.99. The third-order valence-corrected chi connectivity index (χ3v) is 7.06. The Bertz CT molecular complexity index is 1560. The van der Waals surface area contributed by atoms with Crippen LogP contribution < -0.4 is 9.47 Å². The van der Waals surface area contributed by atoms with Crippen molar-refractivity contribution in [3.8, 4) is 56.0 Å². The number of hydrogen-bond acceptors (Lipinski definition) is 2. The summed E-state index contributed by atoms with van der Waals surface area (Å²) in [6.07, 6.45) is 0. The van der Waals surface area contributed by atoms with E-state index in [2.05, 4.69) is 121 Å². The molecule has 2 heteroatoms. The van der Waals surface area contributed by atoms with Crippen molar-refractivity contribution in [3.05, 3.63) is 133 Å². The summed E-state index contributed by atoms with van der Waals surface area (Å²) in [7, 11) is 3.52. The fraction of sp³-hybridized carbons (Fsp3) is 0.0556. The third-order valence-electron chi connectivity index (χ3n) is 7.06. The van der Waals surface area contributed by atoms with Crippen molar-refractivity contribution >= 4 is 10.8 Å². The van der Waals surface area contributed by atoms with Gasteiger partial charge in [-0.2, -0.15) is 0 Å². The molecule has 0 spiro atoms. The highest BCUT2D eigenvalue weighted by molar-refractivity contribution is 6.16. The van der Waals surface area contributed by atoms with Gasteiger partial charge < -0.3 is 9.47 Å². The summed E-state index contributed by atoms with van der Waals surface area (Å²) in [6, 6.07) is 46.5. The van der Waals surface area contributed by atoms with E-state index in [9.17, 15) is 0 Å². The van der Waals surface area contributed by atoms with Crippen LogP contribution in [0.4, 0.5) is 0 Å². The van der Waals surface area contributed by atoms with Crippen LogP contribution in [0.25, 0.3) is 55.3 Å². The van der Waals surface area contributed by atoms with Crippen molar-refractivity contribution in [2.24, 2.45) is 0 Å². The molecule has 184 valence electrons. The zero-order valence-corrected chi connectivity index (χ0v) is 21.5. The molecular weight excluding hydrogens is 464 g/mol. The SMILES string of the molecule is COc1c(-c2ccccc2)cc(-c2ccccc2)c2c(OC)c(-c3ccccc3)cc(-c3ccccc3)c12. The first-order chi connectivity index (χ1) is 18.8. The summed E-state index contributed by atoms with van der Waals surface area (Å²) in [6.45, 7) is 0. The predicted octanol–water partition coefficient (Wildman–Crippen LogP) is 9.52. The van der Waals surface area contributed by atoms with Gasteiger partial charge in [0, 0.05) is 21.9 Å². The van der Waals surface area contributed by atoms with E-state index in [0.29, 0.717) is 0 Å². The summed E-state index contributed by atoms with van der Waals surface area (Å²) < 4.78 is 12.5. The molecule has 0 heterocycles. The first kappa shape index (κ1) is 23.6. The van der Waals surface area contributed by atoms with Crippen molar-refractivity contribution in [2.75, 3.05) is 14.2 Å². The molecule has 0 atom stereocenters. The molecule has 0 unspecified atom stereocenters. The van der Waals surface area contributed by atoms with E-state index in [0.717, 1.165) is 66.8 Å². The molecule has 0 aliphatic carbocycles. The van der Waals surface area contributed by atoms with E-state index in [1.54, 1.807) is 14.2 Å². The van der Waals surface area contributed by atoms with Gasteiger partial charge in [0.1, 0.15) is 11.5 Å². The van der Waals surface area contributed by atoms with Gasteiger partial charge in [-0.3, -0.25) is 0 Å². The highest BCUT2D eigenvalue weighted by Crippen LogP contribution is 2.52. The van der Waals surface area contributed by atoms with E-state index in [4.69, 9.17) is 9.47 Å². The second-order valence-electron chi connectivity index (χ2n) is 9.22. The van der Waals surface area contributed by atoms with Crippen molar-refractivity contribution < 1.29 is 9.47 Å². The molecule has 38 heavy (non-hydrogen) atoms. The monoisotopic (exact) mass is 492 g/mol. The molecule has 0 saturated heterocycles. The zero-order chi connectivity index (χ0) is 25.9. The molecule has 0 N–H and O–H groups in total. The van der Waals surface area contributed by atoms with Crippen LogP contribution >= 0.6 is 0 Å². The van der Waals surface area contributed by atoms with Gasteiger partial charge in [0.05, 0.1) is 14.2 Å². The molecular formula is C36H28O2. The van der Waals surface area contributed by atoms with E-state index >= 15 is 0 Å². The molecule has 6 rings (SSSR count). The van der Waals surface area contributed by atoms with Gasteiger partial charge in [-0.05, 0) is 45.5 Å². The van der Waals surface area contributed by atoms with E-state index < -0.39 is 0 Å². The standard InChI is InChI=1S/C36H28O2/c1-37-35-31(27-19-11-5-12-20-27)23-30(26-17-9-4-10-18-26)34-33(35)29(25-15-7-3-8-16-25)24-32(36(34)38-2)28-21-13-6-14-22-28/h3-24H,1-2H3. The van der Waals surface area contributed by atoms with Crippen molar-refractivity contribution in [1.82, 2.24) is 0 Å². The summed E-state index contributed by atoms with van der Waals surface area (Å²) >= 11 is 0. The van der Waals surface area contributed by atoms with Gasteiger partial charge >= 0.3 is 0 Å². The zero-order valence-electron chi connectivity index (χ0n) is 21.5. The van der Waals surface area contributed by atoms with E-state index in [1.165, 1.54) is 0 Å². The second kappa shape index (κ2) is 10.3. The van der Waals surface area contributed by atoms with Gasteiger partial charge in [-0.15, -0.1) is 0 Å². The minimum absolute atomic E-state index is 0.836. The quantitative estimate of drug-likeness (QED) is 0.230. The fourth-order valence-electron chi connectivity index (χ4n) is 5.35. The number of ether oxygens (including phenoxy) is 2. The lowest BCUT2D eigenvalue weighted by molar-refractivity contribution is 0.417. The maximum absolute atomic E-state index is 6.26. The molecule has 0 aliphatic rings. The molecule has 0 amide bonds. The predicted molar refractivity (Wildman–Crippen MR) is 159 cm³/mol. The summed E-state index contributed by atoms with van der Waals surface area (Å²) in [5.74, 6) is 1.67. The number of fused-ring (bicyclic) bond motifs is 1. The maximum Gasteiger partial charge on any atom is 0.135 e. The normalized spacial score (nSPS) is 10.9. The molecule has 2 nitrogen and oxygen atoms in total. The second-order valence-corrected chi connectivity index (χ2v) is 9.22. The van der Waals surface area contributed by atoms with Gasteiger partial charge in [0.15, 0.2) is 0 Å². The number of rotatable bonds is 6. The smallest absolute Gasteiger partial charge is 0.135 e. The Balaban J connectivity index is 1.86.